The van der Waals surface area contributed by atoms with E-state index in [9.17, 15) is 4.89 Å². The van der Waals surface area contributed by atoms with Gasteiger partial charge in [-0.05, 0) is 25.3 Å². The average molecular weight is 242 g/mol. The molecule has 0 saturated carbocycles. The van der Waals surface area contributed by atoms with Crippen molar-refractivity contribution in [2.24, 2.45) is 5.92 Å². The molecule has 0 saturated heterocycles. The maximum atomic E-state index is 10.4. The van der Waals surface area contributed by atoms with Crippen LogP contribution in [0.4, 0.5) is 0 Å². The van der Waals surface area contributed by atoms with Crippen LogP contribution in [0.1, 0.15) is 25.0 Å². The van der Waals surface area contributed by atoms with E-state index >= 15 is 0 Å². The summed E-state index contributed by atoms with van der Waals surface area (Å²) in [5.41, 5.74) is 2.34. The van der Waals surface area contributed by atoms with Crippen molar-refractivity contribution >= 4 is 23.4 Å². The third-order valence-electron chi connectivity index (χ3n) is 2.34. The maximum Gasteiger partial charge on any atom is 0.0918 e. The highest BCUT2D eigenvalue weighted by atomic mass is 32.4. The molecule has 0 spiro atoms. The molecule has 1 N–H and O–H groups in total. The molecule has 0 aromatic heterocycles. The van der Waals surface area contributed by atoms with Crippen LogP contribution in [0.25, 0.3) is 0 Å². The number of hydrogen-bond donors (Lipinski definition) is 1. The van der Waals surface area contributed by atoms with E-state index in [1.165, 1.54) is 5.56 Å². The molecule has 1 unspecified atom stereocenters. The van der Waals surface area contributed by atoms with E-state index < -0.39 is 6.26 Å². The number of benzene rings is 1. The summed E-state index contributed by atoms with van der Waals surface area (Å²) < 4.78 is 0. The zero-order valence-corrected chi connectivity index (χ0v) is 11.5. The molecule has 1 aromatic rings. The van der Waals surface area contributed by atoms with E-state index in [1.807, 2.05) is 19.1 Å². The summed E-state index contributed by atoms with van der Waals surface area (Å²) in [6.45, 7) is 8.28. The maximum absolute atomic E-state index is 10.4. The lowest BCUT2D eigenvalue weighted by Gasteiger charge is -2.20. The number of aryl methyl sites for hydroxylation is 2. The van der Waals surface area contributed by atoms with Crippen molar-refractivity contribution in [1.29, 1.82) is 0 Å². The van der Waals surface area contributed by atoms with Crippen LogP contribution in [0.3, 0.4) is 0 Å². The fraction of sp³-hybridized carbons (Fsp3) is 0.500. The Morgan fingerprint density at radius 3 is 2.40 bits per heavy atom. The molecular weight excluding hydrogens is 223 g/mol. The van der Waals surface area contributed by atoms with Gasteiger partial charge in [-0.3, -0.25) is 0 Å². The molecule has 0 fully saturated rings. The second kappa shape index (κ2) is 4.78. The fourth-order valence-electron chi connectivity index (χ4n) is 1.79. The van der Waals surface area contributed by atoms with Gasteiger partial charge in [0, 0.05) is 11.5 Å². The molecule has 1 rings (SSSR count). The zero-order valence-electron chi connectivity index (χ0n) is 9.82. The molecule has 15 heavy (non-hydrogen) atoms. The molecule has 3 heteroatoms. The van der Waals surface area contributed by atoms with Gasteiger partial charge in [-0.15, -0.1) is 0 Å². The van der Waals surface area contributed by atoms with Crippen molar-refractivity contribution in [3.8, 4) is 0 Å². The Hall–Kier alpha value is -0.170. The lowest BCUT2D eigenvalue weighted by molar-refractivity contribution is 0.611. The van der Waals surface area contributed by atoms with Gasteiger partial charge in [0.05, 0.1) is 6.26 Å². The predicted octanol–water partition coefficient (Wildman–Crippen LogP) is 2.97. The van der Waals surface area contributed by atoms with Gasteiger partial charge in [-0.2, -0.15) is 0 Å². The molecule has 0 heterocycles. The fourth-order valence-corrected chi connectivity index (χ4v) is 5.41. The summed E-state index contributed by atoms with van der Waals surface area (Å²) >= 11 is 5.38. The van der Waals surface area contributed by atoms with E-state index in [2.05, 4.69) is 26.8 Å². The molecule has 0 amide bonds. The van der Waals surface area contributed by atoms with Gasteiger partial charge in [0.1, 0.15) is 0 Å². The van der Waals surface area contributed by atoms with Crippen molar-refractivity contribution in [3.63, 3.8) is 0 Å². The van der Waals surface area contributed by atoms with Gasteiger partial charge in [0.15, 0.2) is 0 Å². The largest absolute Gasteiger partial charge is 0.361 e. The van der Waals surface area contributed by atoms with Crippen LogP contribution in [-0.4, -0.2) is 11.1 Å². The van der Waals surface area contributed by atoms with Crippen molar-refractivity contribution in [2.75, 3.05) is 6.16 Å². The molecular formula is C12H19OPS. The molecule has 1 nitrogen and oxygen atoms in total. The summed E-state index contributed by atoms with van der Waals surface area (Å²) in [7, 11) is 0. The molecule has 0 aliphatic rings. The normalized spacial score (nSPS) is 15.3. The van der Waals surface area contributed by atoms with Crippen LogP contribution in [0.15, 0.2) is 18.2 Å². The Bertz CT molecular complexity index is 399. The van der Waals surface area contributed by atoms with Gasteiger partial charge in [0.25, 0.3) is 0 Å². The minimum Gasteiger partial charge on any atom is -0.361 e. The Kier molecular flexibility index (Phi) is 4.11. The topological polar surface area (TPSA) is 20.2 Å². The quantitative estimate of drug-likeness (QED) is 0.822. The van der Waals surface area contributed by atoms with E-state index in [4.69, 9.17) is 11.8 Å². The van der Waals surface area contributed by atoms with E-state index in [-0.39, 0.29) is 0 Å². The highest BCUT2D eigenvalue weighted by Gasteiger charge is 2.19. The minimum atomic E-state index is -2.33. The van der Waals surface area contributed by atoms with Crippen molar-refractivity contribution in [3.05, 3.63) is 29.3 Å². The zero-order chi connectivity index (χ0) is 11.6. The highest BCUT2D eigenvalue weighted by Crippen LogP contribution is 2.42. The van der Waals surface area contributed by atoms with Gasteiger partial charge < -0.3 is 4.89 Å². The summed E-state index contributed by atoms with van der Waals surface area (Å²) in [4.78, 5) is 10.4. The summed E-state index contributed by atoms with van der Waals surface area (Å²) in [6.07, 6.45) is -1.60. The number of rotatable bonds is 3. The molecule has 0 aliphatic heterocycles. The minimum absolute atomic E-state index is 0.446. The SMILES string of the molecule is Cc1ccc(P(O)(=S)CC(C)C)c(C)c1. The standard InChI is InChI=1S/C12H19OPS/c1-9(2)8-14(13,15)12-6-5-10(3)7-11(12)4/h5-7,9H,8H2,1-4H3,(H,13,15). The molecule has 0 radical (unpaired) electrons. The van der Waals surface area contributed by atoms with Gasteiger partial charge >= 0.3 is 0 Å². The first-order valence-corrected chi connectivity index (χ1v) is 8.16. The Labute approximate surface area is 97.6 Å². The van der Waals surface area contributed by atoms with Crippen LogP contribution >= 0.6 is 6.26 Å². The summed E-state index contributed by atoms with van der Waals surface area (Å²) in [5.74, 6) is 0.446. The first kappa shape index (κ1) is 12.9. The van der Waals surface area contributed by atoms with Gasteiger partial charge in [0.2, 0.25) is 0 Å². The van der Waals surface area contributed by atoms with Crippen LogP contribution in [0.2, 0.25) is 0 Å². The first-order chi connectivity index (χ1) is 6.83. The molecule has 84 valence electrons. The lowest BCUT2D eigenvalue weighted by atomic mass is 10.2. The highest BCUT2D eigenvalue weighted by molar-refractivity contribution is 8.15. The van der Waals surface area contributed by atoms with Crippen molar-refractivity contribution in [1.82, 2.24) is 0 Å². The number of hydrogen-bond acceptors (Lipinski definition) is 1. The van der Waals surface area contributed by atoms with Gasteiger partial charge in [-0.25, -0.2) is 0 Å². The second-order valence-electron chi connectivity index (χ2n) is 4.57. The van der Waals surface area contributed by atoms with E-state index in [0.717, 1.165) is 17.0 Å². The van der Waals surface area contributed by atoms with Gasteiger partial charge in [-0.1, -0.05) is 49.4 Å². The van der Waals surface area contributed by atoms with Crippen molar-refractivity contribution < 1.29 is 4.89 Å². The summed E-state index contributed by atoms with van der Waals surface area (Å²) in [5, 5.41) is 0.983. The lowest BCUT2D eigenvalue weighted by Crippen LogP contribution is -2.13. The summed E-state index contributed by atoms with van der Waals surface area (Å²) in [6, 6.07) is 6.11. The Morgan fingerprint density at radius 1 is 1.33 bits per heavy atom. The van der Waals surface area contributed by atoms with Crippen LogP contribution in [0.5, 0.6) is 0 Å². The molecule has 0 aliphatic carbocycles. The average Bonchev–Trinajstić information content (AvgIpc) is 1.99. The molecule has 1 atom stereocenters. The molecule has 1 aromatic carbocycles. The van der Waals surface area contributed by atoms with Crippen LogP contribution in [-0.2, 0) is 11.8 Å². The van der Waals surface area contributed by atoms with Crippen LogP contribution < -0.4 is 5.30 Å². The first-order valence-electron chi connectivity index (χ1n) is 5.22. The van der Waals surface area contributed by atoms with Crippen LogP contribution in [0, 0.1) is 19.8 Å². The third-order valence-corrected chi connectivity index (χ3v) is 5.86. The third kappa shape index (κ3) is 3.41. The smallest absolute Gasteiger partial charge is 0.0918 e. The Balaban J connectivity index is 3.10. The van der Waals surface area contributed by atoms with Crippen molar-refractivity contribution in [2.45, 2.75) is 27.7 Å². The Morgan fingerprint density at radius 2 is 1.93 bits per heavy atom. The molecule has 0 bridgehead atoms. The van der Waals surface area contributed by atoms with E-state index in [0.29, 0.717) is 5.92 Å². The predicted molar refractivity (Wildman–Crippen MR) is 71.8 cm³/mol. The monoisotopic (exact) mass is 242 g/mol. The second-order valence-corrected chi connectivity index (χ2v) is 8.63. The van der Waals surface area contributed by atoms with E-state index in [1.54, 1.807) is 0 Å².